The fraction of sp³-hybridized carbons (Fsp3) is 0.400. The lowest BCUT2D eigenvalue weighted by molar-refractivity contribution is 0.0925. The number of ether oxygens (including phenoxy) is 1. The molecule has 1 aromatic rings. The minimum absolute atomic E-state index is 0.124. The van der Waals surface area contributed by atoms with Gasteiger partial charge in [-0.25, -0.2) is 0 Å². The van der Waals surface area contributed by atoms with Crippen LogP contribution >= 0.6 is 0 Å². The van der Waals surface area contributed by atoms with Crippen LogP contribution in [-0.2, 0) is 4.74 Å². The van der Waals surface area contributed by atoms with Gasteiger partial charge in [0.1, 0.15) is 5.69 Å². The van der Waals surface area contributed by atoms with E-state index in [-0.39, 0.29) is 11.9 Å². The maximum atomic E-state index is 11.6. The maximum Gasteiger partial charge on any atom is 0.270 e. The van der Waals surface area contributed by atoms with Crippen LogP contribution in [0.4, 0.5) is 0 Å². The molecule has 1 aliphatic heterocycles. The van der Waals surface area contributed by atoms with E-state index in [9.17, 15) is 4.79 Å². The molecule has 14 heavy (non-hydrogen) atoms. The van der Waals surface area contributed by atoms with Gasteiger partial charge in [0.2, 0.25) is 0 Å². The molecule has 0 bridgehead atoms. The van der Waals surface area contributed by atoms with Gasteiger partial charge in [-0.2, -0.15) is 0 Å². The quantitative estimate of drug-likeness (QED) is 0.746. The van der Waals surface area contributed by atoms with Gasteiger partial charge in [-0.15, -0.1) is 0 Å². The molecule has 1 fully saturated rings. The second kappa shape index (κ2) is 4.19. The van der Waals surface area contributed by atoms with Crippen LogP contribution in [0.2, 0.25) is 0 Å². The summed E-state index contributed by atoms with van der Waals surface area (Å²) in [5.41, 5.74) is 0.458. The number of hydrogen-bond acceptors (Lipinski definition) is 3. The van der Waals surface area contributed by atoms with Crippen molar-refractivity contribution in [1.29, 1.82) is 0 Å². The van der Waals surface area contributed by atoms with Gasteiger partial charge in [0.05, 0.1) is 12.6 Å². The number of hydrogen-bond donors (Lipinski definition) is 1. The Labute approximate surface area is 82.3 Å². The average molecular weight is 192 g/mol. The third-order valence-corrected chi connectivity index (χ3v) is 2.16. The maximum absolute atomic E-state index is 11.6. The van der Waals surface area contributed by atoms with Crippen molar-refractivity contribution in [3.05, 3.63) is 30.1 Å². The van der Waals surface area contributed by atoms with Crippen molar-refractivity contribution in [2.75, 3.05) is 13.2 Å². The summed E-state index contributed by atoms with van der Waals surface area (Å²) in [6, 6.07) is 5.43. The van der Waals surface area contributed by atoms with Crippen molar-refractivity contribution in [3.63, 3.8) is 0 Å². The van der Waals surface area contributed by atoms with Crippen LogP contribution in [-0.4, -0.2) is 30.1 Å². The normalized spacial score (nSPS) is 20.7. The lowest BCUT2D eigenvalue weighted by atomic mass is 10.2. The number of nitrogens with one attached hydrogen (secondary N) is 1. The van der Waals surface area contributed by atoms with Crippen molar-refractivity contribution in [1.82, 2.24) is 10.3 Å². The molecule has 1 aliphatic rings. The summed E-state index contributed by atoms with van der Waals surface area (Å²) in [5, 5.41) is 2.87. The Bertz CT molecular complexity index is 307. The van der Waals surface area contributed by atoms with Gasteiger partial charge >= 0.3 is 0 Å². The van der Waals surface area contributed by atoms with Gasteiger partial charge in [-0.1, -0.05) is 6.07 Å². The van der Waals surface area contributed by atoms with E-state index >= 15 is 0 Å². The SMILES string of the molecule is O=C(NC1CCOC1)c1ccccn1. The lowest BCUT2D eigenvalue weighted by Crippen LogP contribution is -2.35. The van der Waals surface area contributed by atoms with Crippen LogP contribution in [0, 0.1) is 0 Å². The van der Waals surface area contributed by atoms with Crippen LogP contribution in [0.1, 0.15) is 16.9 Å². The molecule has 1 saturated heterocycles. The average Bonchev–Trinajstić information content (AvgIpc) is 2.72. The molecular weight excluding hydrogens is 180 g/mol. The zero-order chi connectivity index (χ0) is 9.80. The first-order valence-corrected chi connectivity index (χ1v) is 4.66. The third kappa shape index (κ3) is 2.09. The minimum Gasteiger partial charge on any atom is -0.379 e. The molecule has 1 unspecified atom stereocenters. The van der Waals surface area contributed by atoms with Crippen molar-refractivity contribution < 1.29 is 9.53 Å². The first kappa shape index (κ1) is 9.15. The molecule has 1 amide bonds. The molecule has 0 saturated carbocycles. The molecule has 4 nitrogen and oxygen atoms in total. The molecule has 1 aromatic heterocycles. The minimum atomic E-state index is -0.124. The number of amides is 1. The second-order valence-electron chi connectivity index (χ2n) is 3.25. The second-order valence-corrected chi connectivity index (χ2v) is 3.25. The molecule has 0 aliphatic carbocycles. The van der Waals surface area contributed by atoms with Crippen LogP contribution in [0.25, 0.3) is 0 Å². The van der Waals surface area contributed by atoms with Gasteiger partial charge in [0.15, 0.2) is 0 Å². The van der Waals surface area contributed by atoms with Gasteiger partial charge in [0, 0.05) is 12.8 Å². The molecule has 0 radical (unpaired) electrons. The Morgan fingerprint density at radius 1 is 1.57 bits per heavy atom. The molecular formula is C10H12N2O2. The van der Waals surface area contributed by atoms with E-state index in [0.717, 1.165) is 13.0 Å². The molecule has 1 N–H and O–H groups in total. The monoisotopic (exact) mass is 192 g/mol. The number of pyridine rings is 1. The summed E-state index contributed by atoms with van der Waals surface area (Å²) in [5.74, 6) is -0.124. The van der Waals surface area contributed by atoms with Crippen molar-refractivity contribution in [2.45, 2.75) is 12.5 Å². The lowest BCUT2D eigenvalue weighted by Gasteiger charge is -2.09. The smallest absolute Gasteiger partial charge is 0.270 e. The number of carbonyl (C=O) groups excluding carboxylic acids is 1. The van der Waals surface area contributed by atoms with E-state index in [4.69, 9.17) is 4.74 Å². The summed E-state index contributed by atoms with van der Waals surface area (Å²) in [6.07, 6.45) is 2.50. The Kier molecular flexibility index (Phi) is 2.74. The largest absolute Gasteiger partial charge is 0.379 e. The Morgan fingerprint density at radius 3 is 3.14 bits per heavy atom. The summed E-state index contributed by atoms with van der Waals surface area (Å²) in [4.78, 5) is 15.5. The highest BCUT2D eigenvalue weighted by molar-refractivity contribution is 5.92. The van der Waals surface area contributed by atoms with Crippen molar-refractivity contribution in [3.8, 4) is 0 Å². The highest BCUT2D eigenvalue weighted by Crippen LogP contribution is 2.04. The summed E-state index contributed by atoms with van der Waals surface area (Å²) in [7, 11) is 0. The Hall–Kier alpha value is -1.42. The molecule has 2 rings (SSSR count). The Morgan fingerprint density at radius 2 is 2.50 bits per heavy atom. The fourth-order valence-corrected chi connectivity index (χ4v) is 1.40. The molecule has 0 spiro atoms. The topological polar surface area (TPSA) is 51.2 Å². The van der Waals surface area contributed by atoms with E-state index < -0.39 is 0 Å². The molecule has 4 heteroatoms. The van der Waals surface area contributed by atoms with E-state index in [1.54, 1.807) is 24.4 Å². The third-order valence-electron chi connectivity index (χ3n) is 2.16. The summed E-state index contributed by atoms with van der Waals surface area (Å²) >= 11 is 0. The van der Waals surface area contributed by atoms with Gasteiger partial charge in [-0.05, 0) is 18.6 Å². The molecule has 0 aromatic carbocycles. The first-order valence-electron chi connectivity index (χ1n) is 4.66. The number of nitrogens with zero attached hydrogens (tertiary/aromatic N) is 1. The van der Waals surface area contributed by atoms with Gasteiger partial charge in [-0.3, -0.25) is 9.78 Å². The van der Waals surface area contributed by atoms with Crippen LogP contribution in [0.15, 0.2) is 24.4 Å². The van der Waals surface area contributed by atoms with Crippen LogP contribution in [0.3, 0.4) is 0 Å². The molecule has 1 atom stereocenters. The zero-order valence-corrected chi connectivity index (χ0v) is 7.77. The first-order chi connectivity index (χ1) is 6.86. The Balaban J connectivity index is 1.95. The zero-order valence-electron chi connectivity index (χ0n) is 7.77. The highest BCUT2D eigenvalue weighted by atomic mass is 16.5. The fourth-order valence-electron chi connectivity index (χ4n) is 1.40. The highest BCUT2D eigenvalue weighted by Gasteiger charge is 2.18. The van der Waals surface area contributed by atoms with Crippen LogP contribution < -0.4 is 5.32 Å². The molecule has 74 valence electrons. The van der Waals surface area contributed by atoms with Crippen molar-refractivity contribution >= 4 is 5.91 Å². The van der Waals surface area contributed by atoms with E-state index in [2.05, 4.69) is 10.3 Å². The standard InChI is InChI=1S/C10H12N2O2/c13-10(9-3-1-2-5-11-9)12-8-4-6-14-7-8/h1-3,5,8H,4,6-7H2,(H,12,13). The summed E-state index contributed by atoms with van der Waals surface area (Å²) < 4.78 is 5.16. The van der Waals surface area contributed by atoms with E-state index in [1.165, 1.54) is 0 Å². The predicted molar refractivity (Wildman–Crippen MR) is 50.9 cm³/mol. The number of aromatic nitrogens is 1. The van der Waals surface area contributed by atoms with Crippen molar-refractivity contribution in [2.24, 2.45) is 0 Å². The number of rotatable bonds is 2. The molecule has 2 heterocycles. The van der Waals surface area contributed by atoms with Gasteiger partial charge in [0.25, 0.3) is 5.91 Å². The number of carbonyl (C=O) groups is 1. The van der Waals surface area contributed by atoms with Gasteiger partial charge < -0.3 is 10.1 Å². The van der Waals surface area contributed by atoms with Crippen LogP contribution in [0.5, 0.6) is 0 Å². The predicted octanol–water partition coefficient (Wildman–Crippen LogP) is 0.600. The van der Waals surface area contributed by atoms with E-state index in [0.29, 0.717) is 12.3 Å². The summed E-state index contributed by atoms with van der Waals surface area (Å²) in [6.45, 7) is 1.34. The van der Waals surface area contributed by atoms with E-state index in [1.807, 2.05) is 0 Å².